The molecule has 1 saturated heterocycles. The summed E-state index contributed by atoms with van der Waals surface area (Å²) in [7, 11) is 0. The number of primary amides is 1. The van der Waals surface area contributed by atoms with Crippen LogP contribution in [0.15, 0.2) is 0 Å². The molecule has 1 fully saturated rings. The Morgan fingerprint density at radius 1 is 1.33 bits per heavy atom. The van der Waals surface area contributed by atoms with Gasteiger partial charge in [-0.05, 0) is 19.3 Å². The maximum absolute atomic E-state index is 12.1. The van der Waals surface area contributed by atoms with Gasteiger partial charge in [-0.2, -0.15) is 0 Å². The summed E-state index contributed by atoms with van der Waals surface area (Å²) in [5.41, 5.74) is 5.38. The molecule has 4 N–H and O–H groups in total. The number of carbonyl (C=O) groups excluding carboxylic acids is 2. The second-order valence-corrected chi connectivity index (χ2v) is 6.39. The molecule has 0 radical (unpaired) electrons. The smallest absolute Gasteiger partial charge is 0.236 e. The predicted molar refractivity (Wildman–Crippen MR) is 83.7 cm³/mol. The lowest BCUT2D eigenvalue weighted by atomic mass is 10.0. The van der Waals surface area contributed by atoms with Crippen molar-refractivity contribution in [3.63, 3.8) is 0 Å². The lowest BCUT2D eigenvalue weighted by Crippen LogP contribution is -2.59. The fourth-order valence-corrected chi connectivity index (χ4v) is 2.63. The maximum Gasteiger partial charge on any atom is 0.236 e. The monoisotopic (exact) mass is 298 g/mol. The Balaban J connectivity index is 2.32. The molecule has 0 aromatic rings. The van der Waals surface area contributed by atoms with Gasteiger partial charge in [-0.25, -0.2) is 0 Å². The van der Waals surface area contributed by atoms with Crippen molar-refractivity contribution in [1.29, 1.82) is 0 Å². The zero-order valence-electron chi connectivity index (χ0n) is 13.5. The summed E-state index contributed by atoms with van der Waals surface area (Å²) < 4.78 is 0. The highest BCUT2D eigenvalue weighted by atomic mass is 16.2. The van der Waals surface area contributed by atoms with Crippen LogP contribution in [0.25, 0.3) is 0 Å². The first kappa shape index (κ1) is 17.9. The number of hydrogen-bond donors (Lipinski definition) is 3. The van der Waals surface area contributed by atoms with Crippen LogP contribution in [0.5, 0.6) is 0 Å². The predicted octanol–water partition coefficient (Wildman–Crippen LogP) is 0.0765. The van der Waals surface area contributed by atoms with Gasteiger partial charge in [0.1, 0.15) is 6.04 Å². The van der Waals surface area contributed by atoms with Gasteiger partial charge in [-0.15, -0.1) is 0 Å². The van der Waals surface area contributed by atoms with Crippen LogP contribution in [0, 0.1) is 5.92 Å². The van der Waals surface area contributed by atoms with Crippen LogP contribution in [0.3, 0.4) is 0 Å². The van der Waals surface area contributed by atoms with Gasteiger partial charge in [0.05, 0.1) is 6.54 Å². The van der Waals surface area contributed by atoms with Gasteiger partial charge in [0.15, 0.2) is 0 Å². The van der Waals surface area contributed by atoms with Crippen LogP contribution in [0.2, 0.25) is 0 Å². The van der Waals surface area contributed by atoms with Crippen molar-refractivity contribution in [2.24, 2.45) is 11.7 Å². The summed E-state index contributed by atoms with van der Waals surface area (Å²) in [6, 6.07) is -0.216. The zero-order chi connectivity index (χ0) is 15.8. The molecule has 21 heavy (non-hydrogen) atoms. The molecule has 2 unspecified atom stereocenters. The number of nitrogens with zero attached hydrogens (tertiary/aromatic N) is 1. The summed E-state index contributed by atoms with van der Waals surface area (Å²) in [5.74, 6) is 0.297. The lowest BCUT2D eigenvalue weighted by Gasteiger charge is -2.33. The number of nitrogens with two attached hydrogens (primary N) is 1. The highest BCUT2D eigenvalue weighted by Gasteiger charge is 2.28. The van der Waals surface area contributed by atoms with Crippen molar-refractivity contribution < 1.29 is 9.59 Å². The maximum atomic E-state index is 12.1. The van der Waals surface area contributed by atoms with E-state index in [1.165, 1.54) is 6.42 Å². The topological polar surface area (TPSA) is 87.5 Å². The molecule has 0 bridgehead atoms. The van der Waals surface area contributed by atoms with E-state index in [2.05, 4.69) is 24.5 Å². The molecular formula is C15H30N4O2. The van der Waals surface area contributed by atoms with Crippen molar-refractivity contribution >= 4 is 11.8 Å². The van der Waals surface area contributed by atoms with E-state index in [0.717, 1.165) is 19.4 Å². The summed E-state index contributed by atoms with van der Waals surface area (Å²) >= 11 is 0. The minimum Gasteiger partial charge on any atom is -0.368 e. The van der Waals surface area contributed by atoms with Crippen molar-refractivity contribution in [2.45, 2.75) is 52.1 Å². The van der Waals surface area contributed by atoms with Gasteiger partial charge in [0, 0.05) is 25.7 Å². The first-order valence-electron chi connectivity index (χ1n) is 7.93. The number of nitrogens with one attached hydrogen (secondary N) is 2. The van der Waals surface area contributed by atoms with Crippen LogP contribution in [0.1, 0.15) is 40.0 Å². The molecule has 1 heterocycles. The average molecular weight is 298 g/mol. The summed E-state index contributed by atoms with van der Waals surface area (Å²) in [5, 5.41) is 6.13. The highest BCUT2D eigenvalue weighted by molar-refractivity contribution is 5.82. The van der Waals surface area contributed by atoms with Crippen LogP contribution >= 0.6 is 0 Å². The van der Waals surface area contributed by atoms with Crippen LogP contribution < -0.4 is 16.4 Å². The molecule has 0 aliphatic carbocycles. The van der Waals surface area contributed by atoms with Gasteiger partial charge < -0.3 is 16.4 Å². The zero-order valence-corrected chi connectivity index (χ0v) is 13.5. The Kier molecular flexibility index (Phi) is 7.67. The van der Waals surface area contributed by atoms with Crippen molar-refractivity contribution in [2.75, 3.05) is 26.2 Å². The van der Waals surface area contributed by atoms with Gasteiger partial charge in [-0.3, -0.25) is 14.5 Å². The molecule has 2 amide bonds. The first-order valence-corrected chi connectivity index (χ1v) is 7.93. The van der Waals surface area contributed by atoms with Crippen molar-refractivity contribution in [3.8, 4) is 0 Å². The number of amides is 2. The van der Waals surface area contributed by atoms with E-state index in [1.54, 1.807) is 0 Å². The second kappa shape index (κ2) is 9.00. The summed E-state index contributed by atoms with van der Waals surface area (Å²) in [6.07, 6.45) is 3.29. The lowest BCUT2D eigenvalue weighted by molar-refractivity contribution is -0.127. The second-order valence-electron chi connectivity index (χ2n) is 6.39. The molecule has 0 aromatic carbocycles. The van der Waals surface area contributed by atoms with E-state index in [-0.39, 0.29) is 30.4 Å². The minimum atomic E-state index is -0.388. The van der Waals surface area contributed by atoms with Gasteiger partial charge >= 0.3 is 0 Å². The Hall–Kier alpha value is -1.14. The molecule has 6 heteroatoms. The Labute approximate surface area is 127 Å². The molecule has 1 aliphatic rings. The molecule has 0 spiro atoms. The van der Waals surface area contributed by atoms with Gasteiger partial charge in [0.2, 0.25) is 11.8 Å². The molecule has 1 aliphatic heterocycles. The Morgan fingerprint density at radius 3 is 2.67 bits per heavy atom. The average Bonchev–Trinajstić information content (AvgIpc) is 2.38. The first-order chi connectivity index (χ1) is 9.90. The van der Waals surface area contributed by atoms with Crippen molar-refractivity contribution in [3.05, 3.63) is 0 Å². The van der Waals surface area contributed by atoms with E-state index < -0.39 is 0 Å². The molecule has 1 rings (SSSR count). The normalized spacial score (nSPS) is 21.2. The molecule has 122 valence electrons. The molecule has 6 nitrogen and oxygen atoms in total. The van der Waals surface area contributed by atoms with Crippen LogP contribution in [0.4, 0.5) is 0 Å². The highest BCUT2D eigenvalue weighted by Crippen LogP contribution is 2.08. The number of rotatable bonds is 8. The van der Waals surface area contributed by atoms with E-state index in [0.29, 0.717) is 19.0 Å². The van der Waals surface area contributed by atoms with E-state index in [1.807, 2.05) is 11.8 Å². The SMILES string of the molecule is CC(C)CCCC(C)NC(=O)CN1CCNCC1C(N)=O. The number of carbonyl (C=O) groups is 2. The van der Waals surface area contributed by atoms with E-state index in [9.17, 15) is 9.59 Å². The fourth-order valence-electron chi connectivity index (χ4n) is 2.63. The third-order valence-corrected chi connectivity index (χ3v) is 3.86. The third kappa shape index (κ3) is 6.91. The Bertz CT molecular complexity index is 347. The van der Waals surface area contributed by atoms with Crippen molar-refractivity contribution in [1.82, 2.24) is 15.5 Å². The third-order valence-electron chi connectivity index (χ3n) is 3.86. The minimum absolute atomic E-state index is 0.0276. The molecule has 0 aromatic heterocycles. The van der Waals surface area contributed by atoms with Crippen LogP contribution in [-0.2, 0) is 9.59 Å². The van der Waals surface area contributed by atoms with E-state index >= 15 is 0 Å². The van der Waals surface area contributed by atoms with Crippen LogP contribution in [-0.4, -0.2) is 55.0 Å². The fraction of sp³-hybridized carbons (Fsp3) is 0.867. The van der Waals surface area contributed by atoms with Gasteiger partial charge in [-0.1, -0.05) is 26.7 Å². The van der Waals surface area contributed by atoms with E-state index in [4.69, 9.17) is 5.73 Å². The number of piperazine rings is 1. The molecule has 0 saturated carbocycles. The standard InChI is InChI=1S/C15H30N4O2/c1-11(2)5-4-6-12(3)18-14(20)10-19-8-7-17-9-13(19)15(16)21/h11-13,17H,4-10H2,1-3H3,(H2,16,21)(H,18,20). The number of hydrogen-bond acceptors (Lipinski definition) is 4. The molecule has 2 atom stereocenters. The Morgan fingerprint density at radius 2 is 2.05 bits per heavy atom. The summed E-state index contributed by atoms with van der Waals surface area (Å²) in [4.78, 5) is 25.3. The molecular weight excluding hydrogens is 268 g/mol. The quantitative estimate of drug-likeness (QED) is 0.592. The largest absolute Gasteiger partial charge is 0.368 e. The van der Waals surface area contributed by atoms with Gasteiger partial charge in [0.25, 0.3) is 0 Å². The summed E-state index contributed by atoms with van der Waals surface area (Å²) in [6.45, 7) is 8.65.